The quantitative estimate of drug-likeness (QED) is 0.689. The number of rotatable bonds is 6. The van der Waals surface area contributed by atoms with Gasteiger partial charge in [0, 0.05) is 12.6 Å². The van der Waals surface area contributed by atoms with E-state index in [4.69, 9.17) is 16.7 Å². The summed E-state index contributed by atoms with van der Waals surface area (Å²) in [6.45, 7) is 0.320. The number of carbonyl (C=O) groups excluding carboxylic acids is 1. The molecule has 1 saturated heterocycles. The molecule has 24 heavy (non-hydrogen) atoms. The monoisotopic (exact) mass is 394 g/mol. The number of hydrogen-bond acceptors (Lipinski definition) is 5. The molecule has 0 radical (unpaired) electrons. The second kappa shape index (κ2) is 7.38. The van der Waals surface area contributed by atoms with Gasteiger partial charge >= 0.3 is 0 Å². The second-order valence-electron chi connectivity index (χ2n) is 5.72. The van der Waals surface area contributed by atoms with Crippen LogP contribution in [-0.2, 0) is 31.1 Å². The molecule has 1 amide bonds. The normalized spacial score (nSPS) is 20.0. The highest BCUT2D eigenvalue weighted by molar-refractivity contribution is 7.91. The lowest BCUT2D eigenvalue weighted by Crippen LogP contribution is -2.43. The Morgan fingerprint density at radius 1 is 1.29 bits per heavy atom. The number of nitrogens with two attached hydrogens (primary N) is 1. The molecule has 10 heteroatoms. The molecule has 0 spiro atoms. The van der Waals surface area contributed by atoms with Gasteiger partial charge in [0.25, 0.3) is 0 Å². The van der Waals surface area contributed by atoms with Crippen molar-refractivity contribution in [3.8, 4) is 0 Å². The van der Waals surface area contributed by atoms with Gasteiger partial charge in [0.2, 0.25) is 15.9 Å². The molecule has 1 atom stereocenters. The first-order chi connectivity index (χ1) is 11.1. The third-order valence-corrected chi connectivity index (χ3v) is 6.89. The van der Waals surface area contributed by atoms with Crippen molar-refractivity contribution in [2.24, 2.45) is 5.14 Å². The van der Waals surface area contributed by atoms with Crippen molar-refractivity contribution in [1.29, 1.82) is 0 Å². The van der Waals surface area contributed by atoms with Gasteiger partial charge in [0.05, 0.1) is 16.4 Å². The molecule has 0 saturated carbocycles. The van der Waals surface area contributed by atoms with E-state index in [1.54, 1.807) is 12.1 Å². The highest BCUT2D eigenvalue weighted by atomic mass is 35.5. The largest absolute Gasteiger partial charge is 0.337 e. The first-order valence-corrected chi connectivity index (χ1v) is 11.2. The summed E-state index contributed by atoms with van der Waals surface area (Å²) in [5, 5.41) is 5.04. The maximum Gasteiger partial charge on any atom is 0.238 e. The van der Waals surface area contributed by atoms with Crippen LogP contribution < -0.4 is 5.14 Å². The molecule has 0 bridgehead atoms. The third kappa shape index (κ3) is 4.92. The zero-order valence-electron chi connectivity index (χ0n) is 12.9. The molecule has 1 heterocycles. The number of hydrogen-bond donors (Lipinski definition) is 1. The summed E-state index contributed by atoms with van der Waals surface area (Å²) in [6, 6.07) is 5.68. The fourth-order valence-corrected chi connectivity index (χ4v) is 5.10. The zero-order chi connectivity index (χ0) is 18.0. The van der Waals surface area contributed by atoms with Crippen LogP contribution in [0.1, 0.15) is 12.0 Å². The first kappa shape index (κ1) is 19.2. The summed E-state index contributed by atoms with van der Waals surface area (Å²) in [7, 11) is -6.85. The van der Waals surface area contributed by atoms with E-state index >= 15 is 0 Å². The molecule has 134 valence electrons. The van der Waals surface area contributed by atoms with E-state index in [1.807, 2.05) is 0 Å². The standard InChI is InChI=1S/C14H19ClN2O5S2/c15-9-14(18)17(12-6-8-23(19,20)10-12)7-5-11-1-3-13(4-2-11)24(16,21)22/h1-4,12H,5-10H2,(H2,16,21,22)/t12-/m0/s1. The Hall–Kier alpha value is -1.16. The van der Waals surface area contributed by atoms with Gasteiger partial charge in [0.1, 0.15) is 5.88 Å². The van der Waals surface area contributed by atoms with Gasteiger partial charge in [-0.1, -0.05) is 12.1 Å². The van der Waals surface area contributed by atoms with E-state index in [2.05, 4.69) is 0 Å². The fraction of sp³-hybridized carbons (Fsp3) is 0.500. The third-order valence-electron chi connectivity index (χ3n) is 3.98. The average Bonchev–Trinajstić information content (AvgIpc) is 2.86. The number of sulfonamides is 1. The molecule has 1 fully saturated rings. The Labute approximate surface area is 146 Å². The van der Waals surface area contributed by atoms with Crippen LogP contribution in [0.2, 0.25) is 0 Å². The molecular formula is C14H19ClN2O5S2. The lowest BCUT2D eigenvalue weighted by molar-refractivity contribution is -0.130. The van der Waals surface area contributed by atoms with Crippen molar-refractivity contribution >= 4 is 37.4 Å². The maximum absolute atomic E-state index is 12.0. The molecule has 0 unspecified atom stereocenters. The second-order valence-corrected chi connectivity index (χ2v) is 9.77. The lowest BCUT2D eigenvalue weighted by Gasteiger charge is -2.27. The van der Waals surface area contributed by atoms with E-state index < -0.39 is 19.9 Å². The molecule has 0 aliphatic carbocycles. The highest BCUT2D eigenvalue weighted by Crippen LogP contribution is 2.19. The number of sulfone groups is 1. The van der Waals surface area contributed by atoms with Crippen LogP contribution >= 0.6 is 11.6 Å². The first-order valence-electron chi connectivity index (χ1n) is 7.30. The van der Waals surface area contributed by atoms with E-state index in [0.29, 0.717) is 19.4 Å². The molecule has 1 aromatic rings. The molecule has 7 nitrogen and oxygen atoms in total. The van der Waals surface area contributed by atoms with Crippen molar-refractivity contribution in [1.82, 2.24) is 4.90 Å². The van der Waals surface area contributed by atoms with Gasteiger partial charge in [-0.15, -0.1) is 11.6 Å². The van der Waals surface area contributed by atoms with Crippen LogP contribution in [0.25, 0.3) is 0 Å². The Bertz CT molecular complexity index is 806. The van der Waals surface area contributed by atoms with Crippen molar-refractivity contribution < 1.29 is 21.6 Å². The number of carbonyl (C=O) groups is 1. The van der Waals surface area contributed by atoms with Crippen molar-refractivity contribution in [2.75, 3.05) is 23.9 Å². The van der Waals surface area contributed by atoms with Crippen LogP contribution in [0.15, 0.2) is 29.2 Å². The van der Waals surface area contributed by atoms with Crippen LogP contribution in [0, 0.1) is 0 Å². The topological polar surface area (TPSA) is 115 Å². The minimum absolute atomic E-state index is 0.0156. The number of primary sulfonamides is 1. The van der Waals surface area contributed by atoms with E-state index in [1.165, 1.54) is 17.0 Å². The van der Waals surface area contributed by atoms with Crippen LogP contribution in [-0.4, -0.2) is 57.6 Å². The summed E-state index contributed by atoms with van der Waals surface area (Å²) in [5.41, 5.74) is 0.815. The summed E-state index contributed by atoms with van der Waals surface area (Å²) in [5.74, 6) is -0.479. The molecule has 2 N–H and O–H groups in total. The Morgan fingerprint density at radius 2 is 1.92 bits per heavy atom. The van der Waals surface area contributed by atoms with Crippen molar-refractivity contribution in [3.05, 3.63) is 29.8 Å². The lowest BCUT2D eigenvalue weighted by atomic mass is 10.1. The van der Waals surface area contributed by atoms with Crippen LogP contribution in [0.5, 0.6) is 0 Å². The molecule has 1 aliphatic heterocycles. The van der Waals surface area contributed by atoms with Gasteiger partial charge in [-0.2, -0.15) is 0 Å². The van der Waals surface area contributed by atoms with Gasteiger partial charge < -0.3 is 4.90 Å². The molecular weight excluding hydrogens is 376 g/mol. The Kier molecular flexibility index (Phi) is 5.90. The highest BCUT2D eigenvalue weighted by Gasteiger charge is 2.34. The Balaban J connectivity index is 2.07. The molecule has 1 aromatic carbocycles. The predicted octanol–water partition coefficient (Wildman–Crippen LogP) is 0.131. The summed E-state index contributed by atoms with van der Waals surface area (Å²) in [6.07, 6.45) is 0.874. The zero-order valence-corrected chi connectivity index (χ0v) is 15.3. The average molecular weight is 395 g/mol. The minimum Gasteiger partial charge on any atom is -0.337 e. The van der Waals surface area contributed by atoms with Gasteiger partial charge in [-0.3, -0.25) is 4.79 Å². The number of amides is 1. The molecule has 1 aliphatic rings. The number of nitrogens with zero attached hydrogens (tertiary/aromatic N) is 1. The van der Waals surface area contributed by atoms with Crippen LogP contribution in [0.3, 0.4) is 0 Å². The molecule has 2 rings (SSSR count). The summed E-state index contributed by atoms with van der Waals surface area (Å²) >= 11 is 5.63. The van der Waals surface area contributed by atoms with Crippen molar-refractivity contribution in [2.45, 2.75) is 23.8 Å². The SMILES string of the molecule is NS(=O)(=O)c1ccc(CCN(C(=O)CCl)[C@H]2CCS(=O)(=O)C2)cc1. The smallest absolute Gasteiger partial charge is 0.238 e. The number of halogens is 1. The van der Waals surface area contributed by atoms with Gasteiger partial charge in [-0.05, 0) is 30.5 Å². The summed E-state index contributed by atoms with van der Waals surface area (Å²) in [4.78, 5) is 13.5. The fourth-order valence-electron chi connectivity index (χ4n) is 2.70. The van der Waals surface area contributed by atoms with Gasteiger partial charge in [0.15, 0.2) is 9.84 Å². The summed E-state index contributed by atoms with van der Waals surface area (Å²) < 4.78 is 45.7. The minimum atomic E-state index is -3.74. The number of alkyl halides is 1. The van der Waals surface area contributed by atoms with Crippen LogP contribution in [0.4, 0.5) is 0 Å². The van der Waals surface area contributed by atoms with E-state index in [-0.39, 0.29) is 34.2 Å². The Morgan fingerprint density at radius 3 is 2.38 bits per heavy atom. The van der Waals surface area contributed by atoms with E-state index in [0.717, 1.165) is 5.56 Å². The van der Waals surface area contributed by atoms with Gasteiger partial charge in [-0.25, -0.2) is 22.0 Å². The van der Waals surface area contributed by atoms with Crippen molar-refractivity contribution in [3.63, 3.8) is 0 Å². The molecule has 0 aromatic heterocycles. The van der Waals surface area contributed by atoms with E-state index in [9.17, 15) is 21.6 Å². The maximum atomic E-state index is 12.0. The number of benzene rings is 1. The predicted molar refractivity (Wildman–Crippen MR) is 91.0 cm³/mol.